The summed E-state index contributed by atoms with van der Waals surface area (Å²) in [7, 11) is 0. The van der Waals surface area contributed by atoms with Crippen LogP contribution in [0.4, 0.5) is 17.1 Å². The molecule has 0 aliphatic rings. The number of pyridine rings is 1. The average Bonchev–Trinajstić information content (AvgIpc) is 2.46. The van der Waals surface area contributed by atoms with E-state index in [2.05, 4.69) is 39.2 Å². The van der Waals surface area contributed by atoms with Gasteiger partial charge >= 0.3 is 0 Å². The smallest absolute Gasteiger partial charge is 0.0957 e. The third-order valence-corrected chi connectivity index (χ3v) is 4.13. The van der Waals surface area contributed by atoms with Gasteiger partial charge in [-0.1, -0.05) is 15.9 Å². The van der Waals surface area contributed by atoms with Gasteiger partial charge in [0.25, 0.3) is 0 Å². The fraction of sp³-hybridized carbons (Fsp3) is 0.0625. The first-order valence-electron chi connectivity index (χ1n) is 6.31. The van der Waals surface area contributed by atoms with Crippen molar-refractivity contribution >= 4 is 43.9 Å². The second kappa shape index (κ2) is 5.13. The van der Waals surface area contributed by atoms with Crippen molar-refractivity contribution < 1.29 is 0 Å². The molecule has 0 atom stereocenters. The maximum atomic E-state index is 5.99. The molecule has 3 aromatic rings. The van der Waals surface area contributed by atoms with Gasteiger partial charge in [0.15, 0.2) is 0 Å². The third kappa shape index (κ3) is 2.34. The van der Waals surface area contributed by atoms with E-state index in [9.17, 15) is 0 Å². The predicted octanol–water partition coefficient (Wildman–Crippen LogP) is 4.63. The van der Waals surface area contributed by atoms with Crippen molar-refractivity contribution in [3.05, 3.63) is 58.7 Å². The number of halogens is 1. The van der Waals surface area contributed by atoms with Crippen LogP contribution in [0.5, 0.6) is 0 Å². The molecule has 0 radical (unpaired) electrons. The van der Waals surface area contributed by atoms with E-state index < -0.39 is 0 Å². The molecule has 2 aromatic carbocycles. The van der Waals surface area contributed by atoms with E-state index in [-0.39, 0.29) is 0 Å². The highest BCUT2D eigenvalue weighted by atomic mass is 79.9. The zero-order valence-corrected chi connectivity index (χ0v) is 12.6. The minimum absolute atomic E-state index is 0.741. The molecule has 3 rings (SSSR count). The van der Waals surface area contributed by atoms with Crippen LogP contribution in [-0.2, 0) is 0 Å². The molecule has 20 heavy (non-hydrogen) atoms. The van der Waals surface area contributed by atoms with Crippen molar-refractivity contribution in [2.75, 3.05) is 11.1 Å². The highest BCUT2D eigenvalue weighted by Gasteiger charge is 2.06. The summed E-state index contributed by atoms with van der Waals surface area (Å²) in [6, 6.07) is 13.9. The zero-order valence-electron chi connectivity index (χ0n) is 11.0. The van der Waals surface area contributed by atoms with Crippen LogP contribution in [0.2, 0.25) is 0 Å². The Bertz CT molecular complexity index is 784. The van der Waals surface area contributed by atoms with Crippen LogP contribution < -0.4 is 11.1 Å². The minimum atomic E-state index is 0.741. The first-order valence-corrected chi connectivity index (χ1v) is 7.11. The topological polar surface area (TPSA) is 50.9 Å². The van der Waals surface area contributed by atoms with E-state index in [1.54, 1.807) is 6.20 Å². The lowest BCUT2D eigenvalue weighted by atomic mass is 10.1. The number of anilines is 3. The van der Waals surface area contributed by atoms with Gasteiger partial charge in [0.2, 0.25) is 0 Å². The largest absolute Gasteiger partial charge is 0.398 e. The summed E-state index contributed by atoms with van der Waals surface area (Å²) in [4.78, 5) is 4.43. The lowest BCUT2D eigenvalue weighted by molar-refractivity contribution is 1.39. The molecule has 1 heterocycles. The highest BCUT2D eigenvalue weighted by Crippen LogP contribution is 2.29. The van der Waals surface area contributed by atoms with Gasteiger partial charge in [-0.2, -0.15) is 0 Å². The molecule has 0 aliphatic carbocycles. The minimum Gasteiger partial charge on any atom is -0.398 e. The van der Waals surface area contributed by atoms with Crippen molar-refractivity contribution in [3.63, 3.8) is 0 Å². The Balaban J connectivity index is 2.06. The average molecular weight is 328 g/mol. The lowest BCUT2D eigenvalue weighted by Gasteiger charge is -2.11. The van der Waals surface area contributed by atoms with E-state index in [0.717, 1.165) is 32.4 Å². The van der Waals surface area contributed by atoms with E-state index in [1.165, 1.54) is 5.56 Å². The van der Waals surface area contributed by atoms with Crippen molar-refractivity contribution in [3.8, 4) is 0 Å². The molecule has 0 saturated heterocycles. The molecular weight excluding hydrogens is 314 g/mol. The summed E-state index contributed by atoms with van der Waals surface area (Å²) in [6.07, 6.45) is 1.78. The van der Waals surface area contributed by atoms with E-state index in [4.69, 9.17) is 5.73 Å². The SMILES string of the molecule is Cc1cc(Nc2ccc(N)c3cccnc23)ccc1Br. The van der Waals surface area contributed by atoms with Crippen LogP contribution in [0.25, 0.3) is 10.9 Å². The summed E-state index contributed by atoms with van der Waals surface area (Å²) in [5.41, 5.74) is 10.8. The van der Waals surface area contributed by atoms with E-state index in [1.807, 2.05) is 36.4 Å². The van der Waals surface area contributed by atoms with Crippen molar-refractivity contribution in [1.29, 1.82) is 0 Å². The molecule has 4 heteroatoms. The Kier molecular flexibility index (Phi) is 3.32. The summed E-state index contributed by atoms with van der Waals surface area (Å²) in [6.45, 7) is 2.06. The van der Waals surface area contributed by atoms with Crippen LogP contribution in [0.15, 0.2) is 53.1 Å². The first-order chi connectivity index (χ1) is 9.65. The molecule has 0 saturated carbocycles. The van der Waals surface area contributed by atoms with E-state index in [0.29, 0.717) is 0 Å². The van der Waals surface area contributed by atoms with Gasteiger partial charge in [-0.25, -0.2) is 0 Å². The Hall–Kier alpha value is -2.07. The number of hydrogen-bond acceptors (Lipinski definition) is 3. The maximum absolute atomic E-state index is 5.99. The number of aryl methyl sites for hydroxylation is 1. The number of hydrogen-bond donors (Lipinski definition) is 2. The van der Waals surface area contributed by atoms with Crippen LogP contribution >= 0.6 is 15.9 Å². The fourth-order valence-electron chi connectivity index (χ4n) is 2.17. The number of rotatable bonds is 2. The summed E-state index contributed by atoms with van der Waals surface area (Å²) in [5, 5.41) is 4.37. The van der Waals surface area contributed by atoms with Crippen LogP contribution in [0.1, 0.15) is 5.56 Å². The molecule has 100 valence electrons. The quantitative estimate of drug-likeness (QED) is 0.674. The van der Waals surface area contributed by atoms with E-state index >= 15 is 0 Å². The molecule has 0 amide bonds. The number of nitrogens with one attached hydrogen (secondary N) is 1. The standard InChI is InChI=1S/C16H14BrN3/c1-10-9-11(4-5-13(10)17)20-15-7-6-14(18)12-3-2-8-19-16(12)15/h2-9,20H,18H2,1H3. The Morgan fingerprint density at radius 2 is 2.00 bits per heavy atom. The fourth-order valence-corrected chi connectivity index (χ4v) is 2.42. The van der Waals surface area contributed by atoms with Crippen molar-refractivity contribution in [2.24, 2.45) is 0 Å². The molecule has 0 spiro atoms. The Labute approximate surface area is 126 Å². The molecule has 1 aromatic heterocycles. The monoisotopic (exact) mass is 327 g/mol. The Morgan fingerprint density at radius 1 is 1.15 bits per heavy atom. The van der Waals surface area contributed by atoms with Crippen LogP contribution in [-0.4, -0.2) is 4.98 Å². The first kappa shape index (κ1) is 12.9. The molecule has 3 N–H and O–H groups in total. The lowest BCUT2D eigenvalue weighted by Crippen LogP contribution is -1.96. The highest BCUT2D eigenvalue weighted by molar-refractivity contribution is 9.10. The van der Waals surface area contributed by atoms with Gasteiger partial charge in [-0.15, -0.1) is 0 Å². The maximum Gasteiger partial charge on any atom is 0.0957 e. The van der Waals surface area contributed by atoms with Gasteiger partial charge in [0.1, 0.15) is 0 Å². The Morgan fingerprint density at radius 3 is 2.80 bits per heavy atom. The van der Waals surface area contributed by atoms with Crippen molar-refractivity contribution in [2.45, 2.75) is 6.92 Å². The molecule has 0 fully saturated rings. The molecule has 0 unspecified atom stereocenters. The zero-order chi connectivity index (χ0) is 14.1. The van der Waals surface area contributed by atoms with Crippen LogP contribution in [0, 0.1) is 6.92 Å². The molecule has 3 nitrogen and oxygen atoms in total. The third-order valence-electron chi connectivity index (χ3n) is 3.24. The summed E-state index contributed by atoms with van der Waals surface area (Å²) >= 11 is 3.51. The predicted molar refractivity (Wildman–Crippen MR) is 88.3 cm³/mol. The molecular formula is C16H14BrN3. The van der Waals surface area contributed by atoms with Crippen LogP contribution in [0.3, 0.4) is 0 Å². The molecule has 0 aliphatic heterocycles. The van der Waals surface area contributed by atoms with Gasteiger partial charge in [-0.3, -0.25) is 4.98 Å². The molecule has 0 bridgehead atoms. The van der Waals surface area contributed by atoms with Gasteiger partial charge < -0.3 is 11.1 Å². The number of nitrogen functional groups attached to an aromatic ring is 1. The summed E-state index contributed by atoms with van der Waals surface area (Å²) in [5.74, 6) is 0. The number of benzene rings is 2. The normalized spacial score (nSPS) is 10.7. The van der Waals surface area contributed by atoms with Gasteiger partial charge in [0, 0.05) is 27.4 Å². The number of nitrogens with zero attached hydrogens (tertiary/aromatic N) is 1. The second-order valence-corrected chi connectivity index (χ2v) is 5.55. The van der Waals surface area contributed by atoms with Gasteiger partial charge in [-0.05, 0) is 55.0 Å². The number of aromatic nitrogens is 1. The van der Waals surface area contributed by atoms with Gasteiger partial charge in [0.05, 0.1) is 11.2 Å². The van der Waals surface area contributed by atoms with Crippen molar-refractivity contribution in [1.82, 2.24) is 4.98 Å². The summed E-state index contributed by atoms with van der Waals surface area (Å²) < 4.78 is 1.10. The number of fused-ring (bicyclic) bond motifs is 1. The number of nitrogens with two attached hydrogens (primary N) is 1. The second-order valence-electron chi connectivity index (χ2n) is 4.69.